The molecule has 3 N–H and O–H groups in total. The third-order valence-corrected chi connectivity index (χ3v) is 8.91. The number of hydrogen-bond donors (Lipinski definition) is 3. The monoisotopic (exact) mass is 601 g/mol. The van der Waals surface area contributed by atoms with Crippen LogP contribution in [0.2, 0.25) is 0 Å². The quantitative estimate of drug-likeness (QED) is 0.254. The highest BCUT2D eigenvalue weighted by atomic mass is 16.6. The van der Waals surface area contributed by atoms with E-state index in [2.05, 4.69) is 10.6 Å². The number of carbonyl (C=O) groups is 4. The maximum Gasteiger partial charge on any atom is 0.234 e. The Labute approximate surface area is 254 Å². The van der Waals surface area contributed by atoms with Gasteiger partial charge in [-0.3, -0.25) is 24.1 Å². The fourth-order valence-electron chi connectivity index (χ4n) is 5.91. The molecule has 1 aliphatic carbocycles. The van der Waals surface area contributed by atoms with Gasteiger partial charge in [0.2, 0.25) is 11.8 Å². The first-order chi connectivity index (χ1) is 20.6. The van der Waals surface area contributed by atoms with Gasteiger partial charge in [0.15, 0.2) is 11.6 Å². The Kier molecular flexibility index (Phi) is 11.7. The lowest BCUT2D eigenvalue weighted by molar-refractivity contribution is -0.135. The van der Waals surface area contributed by atoms with E-state index in [9.17, 15) is 24.3 Å². The summed E-state index contributed by atoms with van der Waals surface area (Å²) in [4.78, 5) is 55.2. The van der Waals surface area contributed by atoms with Crippen LogP contribution in [0.1, 0.15) is 57.9 Å². The van der Waals surface area contributed by atoms with Crippen LogP contribution in [0, 0.1) is 11.8 Å². The summed E-state index contributed by atoms with van der Waals surface area (Å²) in [6, 6.07) is 5.79. The van der Waals surface area contributed by atoms with Crippen molar-refractivity contribution in [3.63, 3.8) is 0 Å². The average Bonchev–Trinajstić information content (AvgIpc) is 3.76. The summed E-state index contributed by atoms with van der Waals surface area (Å²) in [7, 11) is 1.58. The lowest BCUT2D eigenvalue weighted by Crippen LogP contribution is -2.50. The van der Waals surface area contributed by atoms with E-state index >= 15 is 0 Å². The van der Waals surface area contributed by atoms with Crippen molar-refractivity contribution in [2.75, 3.05) is 46.6 Å². The molecule has 0 radical (unpaired) electrons. The highest BCUT2D eigenvalue weighted by Crippen LogP contribution is 2.33. The number of nitrogens with one attached hydrogen (secondary N) is 2. The minimum Gasteiger partial charge on any atom is -0.497 e. The highest BCUT2D eigenvalue weighted by molar-refractivity contribution is 5.98. The second-order valence-electron chi connectivity index (χ2n) is 12.5. The largest absolute Gasteiger partial charge is 0.497 e. The summed E-state index contributed by atoms with van der Waals surface area (Å²) in [5.41, 5.74) is -0.0634. The van der Waals surface area contributed by atoms with Gasteiger partial charge in [0.05, 0.1) is 51.7 Å². The number of Topliss-reactive ketones (excluding diaryl/α,β-unsaturated/α-hetero) is 2. The summed E-state index contributed by atoms with van der Waals surface area (Å²) in [5.74, 6) is -0.928. The number of methoxy groups -OCH3 is 1. The first kappa shape index (κ1) is 33.0. The van der Waals surface area contributed by atoms with Gasteiger partial charge in [0, 0.05) is 25.4 Å². The standard InChI is InChI=1S/C32H47N3O8/c1-21(33-29(38)19-35-12-14-42-15-13-35)28(37)18-24(16-22-6-10-26(41-3)11-7-22)31(40)34-27(30(39)32(2)20-43-32)17-23-4-8-25(36)9-5-23/h6-7,10-11,21,23-25,27,36H,4-5,8-9,12-20H2,1-3H3,(H,33,38)(H,34,40). The molecule has 1 aromatic carbocycles. The number of amides is 2. The SMILES string of the molecule is COc1ccc(CC(CC(=O)C(C)NC(=O)CN2CCOCC2)C(=O)NC(CC2CCC(O)CC2)C(=O)C2(C)CO2)cc1. The third kappa shape index (κ3) is 9.82. The lowest BCUT2D eigenvalue weighted by Gasteiger charge is -2.30. The molecule has 2 aliphatic heterocycles. The summed E-state index contributed by atoms with van der Waals surface area (Å²) >= 11 is 0. The summed E-state index contributed by atoms with van der Waals surface area (Å²) in [6.45, 7) is 6.33. The molecule has 2 amide bonds. The van der Waals surface area contributed by atoms with Crippen molar-refractivity contribution in [3.8, 4) is 5.75 Å². The predicted octanol–water partition coefficient (Wildman–Crippen LogP) is 1.43. The van der Waals surface area contributed by atoms with Crippen LogP contribution in [0.3, 0.4) is 0 Å². The molecule has 0 bridgehead atoms. The first-order valence-electron chi connectivity index (χ1n) is 15.5. The molecule has 3 aliphatic rings. The number of carbonyl (C=O) groups excluding carboxylic acids is 4. The Morgan fingerprint density at radius 1 is 1.07 bits per heavy atom. The molecule has 43 heavy (non-hydrogen) atoms. The van der Waals surface area contributed by atoms with E-state index in [1.807, 2.05) is 17.0 Å². The van der Waals surface area contributed by atoms with E-state index in [4.69, 9.17) is 14.2 Å². The van der Waals surface area contributed by atoms with Crippen LogP contribution in [0.25, 0.3) is 0 Å². The van der Waals surface area contributed by atoms with Crippen LogP contribution < -0.4 is 15.4 Å². The molecule has 11 heteroatoms. The number of aliphatic hydroxyl groups excluding tert-OH is 1. The van der Waals surface area contributed by atoms with E-state index in [1.165, 1.54) is 0 Å². The van der Waals surface area contributed by atoms with Crippen molar-refractivity contribution in [2.24, 2.45) is 11.8 Å². The van der Waals surface area contributed by atoms with Crippen LogP contribution in [-0.2, 0) is 35.1 Å². The molecule has 0 spiro atoms. The number of ketones is 2. The van der Waals surface area contributed by atoms with Crippen LogP contribution in [-0.4, -0.2) is 104 Å². The Hall–Kier alpha value is -2.86. The summed E-state index contributed by atoms with van der Waals surface area (Å²) in [6.07, 6.45) is 3.26. The topological polar surface area (TPSA) is 147 Å². The highest BCUT2D eigenvalue weighted by Gasteiger charge is 2.50. The number of aliphatic hydroxyl groups is 1. The van der Waals surface area contributed by atoms with Gasteiger partial charge >= 0.3 is 0 Å². The lowest BCUT2D eigenvalue weighted by atomic mass is 9.81. The molecule has 1 saturated carbocycles. The van der Waals surface area contributed by atoms with E-state index in [0.29, 0.717) is 57.9 Å². The molecule has 2 heterocycles. The summed E-state index contributed by atoms with van der Waals surface area (Å²) < 4.78 is 16.0. The van der Waals surface area contributed by atoms with E-state index in [1.54, 1.807) is 33.1 Å². The zero-order valence-corrected chi connectivity index (χ0v) is 25.6. The molecule has 1 aromatic rings. The van der Waals surface area contributed by atoms with Crippen molar-refractivity contribution in [2.45, 2.75) is 82.6 Å². The van der Waals surface area contributed by atoms with Crippen molar-refractivity contribution < 1.29 is 38.5 Å². The number of rotatable bonds is 15. The number of hydrogen-bond acceptors (Lipinski definition) is 9. The normalized spacial score (nSPS) is 26.0. The maximum absolute atomic E-state index is 13.8. The van der Waals surface area contributed by atoms with Crippen LogP contribution in [0.15, 0.2) is 24.3 Å². The first-order valence-corrected chi connectivity index (χ1v) is 15.5. The van der Waals surface area contributed by atoms with Crippen molar-refractivity contribution >= 4 is 23.4 Å². The zero-order chi connectivity index (χ0) is 31.0. The van der Waals surface area contributed by atoms with E-state index < -0.39 is 23.6 Å². The van der Waals surface area contributed by atoms with Gasteiger partial charge in [-0.05, 0) is 76.0 Å². The molecule has 0 aromatic heterocycles. The van der Waals surface area contributed by atoms with Crippen LogP contribution in [0.4, 0.5) is 0 Å². The minimum absolute atomic E-state index is 0.0961. The van der Waals surface area contributed by atoms with E-state index in [0.717, 1.165) is 18.4 Å². The summed E-state index contributed by atoms with van der Waals surface area (Å²) in [5, 5.41) is 15.7. The molecule has 3 fully saturated rings. The molecule has 4 unspecified atom stereocenters. The van der Waals surface area contributed by atoms with E-state index in [-0.39, 0.29) is 54.8 Å². The van der Waals surface area contributed by atoms with Crippen molar-refractivity contribution in [1.29, 1.82) is 0 Å². The molecular formula is C32H47N3O8. The van der Waals surface area contributed by atoms with Gasteiger partial charge in [0.25, 0.3) is 0 Å². The molecule has 11 nitrogen and oxygen atoms in total. The Bertz CT molecular complexity index is 1110. The van der Waals surface area contributed by atoms with Gasteiger partial charge in [-0.2, -0.15) is 0 Å². The van der Waals surface area contributed by atoms with Gasteiger partial charge in [-0.15, -0.1) is 0 Å². The Morgan fingerprint density at radius 2 is 1.72 bits per heavy atom. The number of ether oxygens (including phenoxy) is 3. The van der Waals surface area contributed by atoms with Crippen LogP contribution >= 0.6 is 0 Å². The molecule has 2 saturated heterocycles. The molecular weight excluding hydrogens is 554 g/mol. The van der Waals surface area contributed by atoms with Gasteiger partial charge < -0.3 is 30.0 Å². The average molecular weight is 602 g/mol. The number of nitrogens with zero attached hydrogens (tertiary/aromatic N) is 1. The van der Waals surface area contributed by atoms with Gasteiger partial charge in [-0.25, -0.2) is 0 Å². The van der Waals surface area contributed by atoms with Crippen molar-refractivity contribution in [3.05, 3.63) is 29.8 Å². The Morgan fingerprint density at radius 3 is 2.33 bits per heavy atom. The fourth-order valence-corrected chi connectivity index (χ4v) is 5.91. The second-order valence-corrected chi connectivity index (χ2v) is 12.5. The fraction of sp³-hybridized carbons (Fsp3) is 0.688. The number of morpholine rings is 1. The minimum atomic E-state index is -0.910. The smallest absolute Gasteiger partial charge is 0.234 e. The third-order valence-electron chi connectivity index (χ3n) is 8.91. The molecule has 4 rings (SSSR count). The maximum atomic E-state index is 13.8. The van der Waals surface area contributed by atoms with Crippen LogP contribution in [0.5, 0.6) is 5.75 Å². The second kappa shape index (κ2) is 15.2. The molecule has 238 valence electrons. The Balaban J connectivity index is 1.44. The number of epoxide rings is 1. The predicted molar refractivity (Wildman–Crippen MR) is 159 cm³/mol. The van der Waals surface area contributed by atoms with Crippen molar-refractivity contribution in [1.82, 2.24) is 15.5 Å². The molecule has 4 atom stereocenters. The van der Waals surface area contributed by atoms with Gasteiger partial charge in [0.1, 0.15) is 11.4 Å². The van der Waals surface area contributed by atoms with Gasteiger partial charge in [-0.1, -0.05) is 12.1 Å². The zero-order valence-electron chi connectivity index (χ0n) is 25.6. The number of benzene rings is 1.